The highest BCUT2D eigenvalue weighted by atomic mass is 32.2. The van der Waals surface area contributed by atoms with Crippen molar-refractivity contribution in [3.8, 4) is 5.75 Å². The molecule has 0 aliphatic rings. The first-order valence-corrected chi connectivity index (χ1v) is 11.4. The number of hydrogen-bond acceptors (Lipinski definition) is 4. The Morgan fingerprint density at radius 2 is 1.65 bits per heavy atom. The van der Waals surface area contributed by atoms with Gasteiger partial charge in [0.2, 0.25) is 0 Å². The number of amides is 1. The van der Waals surface area contributed by atoms with E-state index in [0.29, 0.717) is 12.2 Å². The van der Waals surface area contributed by atoms with Crippen LogP contribution in [0.2, 0.25) is 0 Å². The second-order valence-corrected chi connectivity index (χ2v) is 9.17. The van der Waals surface area contributed by atoms with E-state index in [0.717, 1.165) is 16.9 Å². The van der Waals surface area contributed by atoms with Crippen molar-refractivity contribution in [2.45, 2.75) is 38.3 Å². The maximum atomic E-state index is 12.7. The summed E-state index contributed by atoms with van der Waals surface area (Å²) in [6, 6.07) is 20.5. The SMILES string of the molecule is Cc1ccc(NS(=O)(=O)c2cccc(C(=O)NCc3ccc(OC(C)C)cc3)c2)cc1. The maximum absolute atomic E-state index is 12.7. The quantitative estimate of drug-likeness (QED) is 0.542. The molecule has 3 rings (SSSR count). The number of rotatable bonds is 8. The van der Waals surface area contributed by atoms with Crippen molar-refractivity contribution < 1.29 is 17.9 Å². The highest BCUT2D eigenvalue weighted by molar-refractivity contribution is 7.92. The van der Waals surface area contributed by atoms with Crippen LogP contribution in [0.1, 0.15) is 35.3 Å². The lowest BCUT2D eigenvalue weighted by molar-refractivity contribution is 0.0950. The molecular weight excluding hydrogens is 412 g/mol. The summed E-state index contributed by atoms with van der Waals surface area (Å²) < 4.78 is 33.5. The predicted molar refractivity (Wildman–Crippen MR) is 122 cm³/mol. The van der Waals surface area contributed by atoms with E-state index in [4.69, 9.17) is 4.74 Å². The Hall–Kier alpha value is -3.32. The minimum absolute atomic E-state index is 0.0240. The minimum atomic E-state index is -3.81. The number of anilines is 1. The van der Waals surface area contributed by atoms with Crippen LogP contribution in [0.15, 0.2) is 77.7 Å². The molecule has 0 bridgehead atoms. The first-order valence-electron chi connectivity index (χ1n) is 9.96. The van der Waals surface area contributed by atoms with E-state index in [1.807, 2.05) is 57.2 Å². The molecule has 0 spiro atoms. The van der Waals surface area contributed by atoms with Crippen molar-refractivity contribution in [1.82, 2.24) is 5.32 Å². The van der Waals surface area contributed by atoms with Gasteiger partial charge in [0.25, 0.3) is 15.9 Å². The number of ether oxygens (including phenoxy) is 1. The standard InChI is InChI=1S/C24H26N2O4S/c1-17(2)30-22-13-9-19(10-14-22)16-25-24(27)20-5-4-6-23(15-20)31(28,29)26-21-11-7-18(3)8-12-21/h4-15,17,26H,16H2,1-3H3,(H,25,27). The Bertz CT molecular complexity index is 1140. The molecule has 6 nitrogen and oxygen atoms in total. The van der Waals surface area contributed by atoms with E-state index in [2.05, 4.69) is 10.0 Å². The van der Waals surface area contributed by atoms with Crippen LogP contribution in [0, 0.1) is 6.92 Å². The Kier molecular flexibility index (Phi) is 6.97. The van der Waals surface area contributed by atoms with Gasteiger partial charge in [-0.3, -0.25) is 9.52 Å². The number of carbonyl (C=O) groups excluding carboxylic acids is 1. The first kappa shape index (κ1) is 22.4. The van der Waals surface area contributed by atoms with Crippen LogP contribution in [-0.4, -0.2) is 20.4 Å². The third kappa shape index (κ3) is 6.33. The molecule has 0 aromatic heterocycles. The number of carbonyl (C=O) groups is 1. The number of hydrogen-bond donors (Lipinski definition) is 2. The van der Waals surface area contributed by atoms with Crippen LogP contribution in [0.25, 0.3) is 0 Å². The maximum Gasteiger partial charge on any atom is 0.261 e. The lowest BCUT2D eigenvalue weighted by Crippen LogP contribution is -2.23. The van der Waals surface area contributed by atoms with Gasteiger partial charge in [-0.2, -0.15) is 0 Å². The van der Waals surface area contributed by atoms with E-state index >= 15 is 0 Å². The van der Waals surface area contributed by atoms with E-state index in [1.165, 1.54) is 12.1 Å². The Balaban J connectivity index is 1.66. The molecule has 0 saturated carbocycles. The van der Waals surface area contributed by atoms with E-state index < -0.39 is 10.0 Å². The van der Waals surface area contributed by atoms with Crippen molar-refractivity contribution in [3.05, 3.63) is 89.5 Å². The third-order valence-corrected chi connectivity index (χ3v) is 5.84. The molecule has 0 heterocycles. The second-order valence-electron chi connectivity index (χ2n) is 7.49. The molecule has 2 N–H and O–H groups in total. The molecule has 0 saturated heterocycles. The average molecular weight is 439 g/mol. The van der Waals surface area contributed by atoms with Gasteiger partial charge in [0.15, 0.2) is 0 Å². The van der Waals surface area contributed by atoms with Gasteiger partial charge in [-0.1, -0.05) is 35.9 Å². The van der Waals surface area contributed by atoms with Gasteiger partial charge in [0, 0.05) is 17.8 Å². The van der Waals surface area contributed by atoms with Crippen molar-refractivity contribution in [1.29, 1.82) is 0 Å². The Morgan fingerprint density at radius 1 is 0.968 bits per heavy atom. The number of aryl methyl sites for hydroxylation is 1. The summed E-state index contributed by atoms with van der Waals surface area (Å²) in [5, 5.41) is 2.82. The molecule has 0 atom stereocenters. The van der Waals surface area contributed by atoms with E-state index in [-0.39, 0.29) is 22.5 Å². The summed E-state index contributed by atoms with van der Waals surface area (Å²) in [5.74, 6) is 0.416. The molecule has 31 heavy (non-hydrogen) atoms. The van der Waals surface area contributed by atoms with Gasteiger partial charge in [0.05, 0.1) is 11.0 Å². The lowest BCUT2D eigenvalue weighted by Gasteiger charge is -2.11. The van der Waals surface area contributed by atoms with Gasteiger partial charge in [-0.15, -0.1) is 0 Å². The van der Waals surface area contributed by atoms with Crippen molar-refractivity contribution in [2.75, 3.05) is 4.72 Å². The fourth-order valence-electron chi connectivity index (χ4n) is 2.88. The molecular formula is C24H26N2O4S. The summed E-state index contributed by atoms with van der Waals surface area (Å²) >= 11 is 0. The molecule has 3 aromatic rings. The minimum Gasteiger partial charge on any atom is -0.491 e. The predicted octanol–water partition coefficient (Wildman–Crippen LogP) is 4.51. The topological polar surface area (TPSA) is 84.5 Å². The van der Waals surface area contributed by atoms with Crippen LogP contribution in [0.3, 0.4) is 0 Å². The molecule has 0 radical (unpaired) electrons. The van der Waals surface area contributed by atoms with Crippen LogP contribution < -0.4 is 14.8 Å². The molecule has 0 unspecified atom stereocenters. The third-order valence-electron chi connectivity index (χ3n) is 4.46. The summed E-state index contributed by atoms with van der Waals surface area (Å²) in [5.41, 5.74) is 2.68. The van der Waals surface area contributed by atoms with Gasteiger partial charge < -0.3 is 10.1 Å². The molecule has 0 aliphatic heterocycles. The summed E-state index contributed by atoms with van der Waals surface area (Å²) in [6.45, 7) is 6.16. The summed E-state index contributed by atoms with van der Waals surface area (Å²) in [7, 11) is -3.81. The van der Waals surface area contributed by atoms with Crippen LogP contribution in [-0.2, 0) is 16.6 Å². The highest BCUT2D eigenvalue weighted by Gasteiger charge is 2.16. The largest absolute Gasteiger partial charge is 0.491 e. The molecule has 0 aliphatic carbocycles. The van der Waals surface area contributed by atoms with E-state index in [1.54, 1.807) is 24.3 Å². The normalized spacial score (nSPS) is 11.2. The summed E-state index contributed by atoms with van der Waals surface area (Å²) in [4.78, 5) is 12.6. The zero-order valence-electron chi connectivity index (χ0n) is 17.8. The number of benzene rings is 3. The highest BCUT2D eigenvalue weighted by Crippen LogP contribution is 2.18. The van der Waals surface area contributed by atoms with Gasteiger partial charge in [-0.25, -0.2) is 8.42 Å². The van der Waals surface area contributed by atoms with Crippen LogP contribution in [0.5, 0.6) is 5.75 Å². The lowest BCUT2D eigenvalue weighted by atomic mass is 10.2. The van der Waals surface area contributed by atoms with Crippen molar-refractivity contribution in [2.24, 2.45) is 0 Å². The van der Waals surface area contributed by atoms with Crippen LogP contribution >= 0.6 is 0 Å². The molecule has 1 amide bonds. The smallest absolute Gasteiger partial charge is 0.261 e. The zero-order chi connectivity index (χ0) is 22.4. The molecule has 3 aromatic carbocycles. The van der Waals surface area contributed by atoms with Crippen molar-refractivity contribution in [3.63, 3.8) is 0 Å². The molecule has 0 fully saturated rings. The Labute approximate surface area is 183 Å². The first-order chi connectivity index (χ1) is 14.7. The zero-order valence-corrected chi connectivity index (χ0v) is 18.6. The molecule has 7 heteroatoms. The Morgan fingerprint density at radius 3 is 2.29 bits per heavy atom. The second kappa shape index (κ2) is 9.66. The fraction of sp³-hybridized carbons (Fsp3) is 0.208. The van der Waals surface area contributed by atoms with Crippen LogP contribution in [0.4, 0.5) is 5.69 Å². The van der Waals surface area contributed by atoms with Crippen molar-refractivity contribution >= 4 is 21.6 Å². The molecule has 162 valence electrons. The average Bonchev–Trinajstić information content (AvgIpc) is 2.74. The van der Waals surface area contributed by atoms with Gasteiger partial charge >= 0.3 is 0 Å². The monoisotopic (exact) mass is 438 g/mol. The van der Waals surface area contributed by atoms with Gasteiger partial charge in [-0.05, 0) is 68.8 Å². The number of sulfonamides is 1. The fourth-order valence-corrected chi connectivity index (χ4v) is 3.99. The van der Waals surface area contributed by atoms with Gasteiger partial charge in [0.1, 0.15) is 5.75 Å². The van der Waals surface area contributed by atoms with E-state index in [9.17, 15) is 13.2 Å². The number of nitrogens with one attached hydrogen (secondary N) is 2. The summed E-state index contributed by atoms with van der Waals surface area (Å²) in [6.07, 6.45) is 0.0922.